The first-order chi connectivity index (χ1) is 12.8. The van der Waals surface area contributed by atoms with Gasteiger partial charge >= 0.3 is 0 Å². The number of likely N-dealkylation sites (N-methyl/N-ethyl adjacent to an activating group) is 1. The molecule has 0 aromatic heterocycles. The Morgan fingerprint density at radius 3 is 1.15 bits per heavy atom. The lowest BCUT2D eigenvalue weighted by Gasteiger charge is -2.27. The van der Waals surface area contributed by atoms with Crippen LogP contribution in [0.4, 0.5) is 0 Å². The van der Waals surface area contributed by atoms with E-state index in [4.69, 9.17) is 0 Å². The van der Waals surface area contributed by atoms with Crippen LogP contribution in [-0.2, 0) is 0 Å². The summed E-state index contributed by atoms with van der Waals surface area (Å²) >= 11 is 0. The minimum absolute atomic E-state index is 1.22. The molecule has 0 radical (unpaired) electrons. The zero-order valence-electron chi connectivity index (χ0n) is 19.0. The smallest absolute Gasteiger partial charge is 0.0109 e. The summed E-state index contributed by atoms with van der Waals surface area (Å²) in [6, 6.07) is 0. The fourth-order valence-corrected chi connectivity index (χ4v) is 3.69. The van der Waals surface area contributed by atoms with Crippen LogP contribution in [0.2, 0.25) is 0 Å². The summed E-state index contributed by atoms with van der Waals surface area (Å²) in [6.07, 6.45) is 19.6. The summed E-state index contributed by atoms with van der Waals surface area (Å²) in [5.74, 6) is 0. The second-order valence-corrected chi connectivity index (χ2v) is 8.16. The average molecular weight is 369 g/mol. The molecule has 0 saturated carbocycles. The van der Waals surface area contributed by atoms with E-state index in [1.807, 2.05) is 0 Å². The highest BCUT2D eigenvalue weighted by atomic mass is 15.2. The Kier molecular flexibility index (Phi) is 21.2. The zero-order chi connectivity index (χ0) is 19.3. The molecule has 0 bridgehead atoms. The van der Waals surface area contributed by atoms with Gasteiger partial charge in [0.2, 0.25) is 0 Å². The second-order valence-electron chi connectivity index (χ2n) is 8.16. The van der Waals surface area contributed by atoms with Crippen molar-refractivity contribution in [1.29, 1.82) is 0 Å². The minimum atomic E-state index is 1.22. The number of hydrogen-bond acceptors (Lipinski definition) is 2. The number of unbranched alkanes of at least 4 members (excludes halogenated alkanes) is 11. The SMILES string of the molecule is CCCCCCCCN(CCCCCC)CCN(CC)CCCCCC. The highest BCUT2D eigenvalue weighted by Crippen LogP contribution is 2.08. The van der Waals surface area contributed by atoms with Gasteiger partial charge in [0.15, 0.2) is 0 Å². The van der Waals surface area contributed by atoms with Gasteiger partial charge in [-0.05, 0) is 45.4 Å². The van der Waals surface area contributed by atoms with Crippen LogP contribution in [0.1, 0.15) is 118 Å². The molecule has 0 atom stereocenters. The number of nitrogens with zero attached hydrogens (tertiary/aromatic N) is 2. The molecule has 0 heterocycles. The highest BCUT2D eigenvalue weighted by molar-refractivity contribution is 4.64. The molecule has 0 fully saturated rings. The third kappa shape index (κ3) is 17.3. The first-order valence-corrected chi connectivity index (χ1v) is 12.2. The molecule has 2 heteroatoms. The quantitative estimate of drug-likeness (QED) is 0.199. The van der Waals surface area contributed by atoms with E-state index in [1.54, 1.807) is 0 Å². The fraction of sp³-hybridized carbons (Fsp3) is 1.00. The Balaban J connectivity index is 4.05. The molecular weight excluding hydrogens is 316 g/mol. The lowest BCUT2D eigenvalue weighted by molar-refractivity contribution is 0.200. The molecule has 0 aliphatic heterocycles. The maximum absolute atomic E-state index is 2.77. The van der Waals surface area contributed by atoms with Crippen LogP contribution >= 0.6 is 0 Å². The predicted molar refractivity (Wildman–Crippen MR) is 120 cm³/mol. The van der Waals surface area contributed by atoms with Crippen molar-refractivity contribution in [2.24, 2.45) is 0 Å². The van der Waals surface area contributed by atoms with Crippen molar-refractivity contribution in [1.82, 2.24) is 9.80 Å². The maximum atomic E-state index is 2.77. The van der Waals surface area contributed by atoms with E-state index in [0.29, 0.717) is 0 Å². The normalized spacial score (nSPS) is 11.8. The van der Waals surface area contributed by atoms with Crippen molar-refractivity contribution < 1.29 is 0 Å². The van der Waals surface area contributed by atoms with Crippen molar-refractivity contribution in [2.75, 3.05) is 39.3 Å². The standard InChI is InChI=1S/C24H52N2/c1-5-9-12-15-16-19-22-26(21-18-14-11-7-3)24-23-25(8-4)20-17-13-10-6-2/h5-24H2,1-4H3. The van der Waals surface area contributed by atoms with Gasteiger partial charge in [-0.1, -0.05) is 98.3 Å². The molecule has 158 valence electrons. The molecule has 0 spiro atoms. The zero-order valence-corrected chi connectivity index (χ0v) is 19.0. The molecule has 0 aromatic carbocycles. The van der Waals surface area contributed by atoms with Crippen LogP contribution in [0.3, 0.4) is 0 Å². The summed E-state index contributed by atoms with van der Waals surface area (Å²) in [5.41, 5.74) is 0. The van der Waals surface area contributed by atoms with E-state index in [1.165, 1.54) is 129 Å². The van der Waals surface area contributed by atoms with Crippen LogP contribution in [0.15, 0.2) is 0 Å². The van der Waals surface area contributed by atoms with Gasteiger partial charge in [-0.2, -0.15) is 0 Å². The summed E-state index contributed by atoms with van der Waals surface area (Å²) in [5, 5.41) is 0. The largest absolute Gasteiger partial charge is 0.302 e. The molecule has 0 aromatic rings. The van der Waals surface area contributed by atoms with Crippen LogP contribution in [0, 0.1) is 0 Å². The summed E-state index contributed by atoms with van der Waals surface area (Å²) in [4.78, 5) is 5.44. The molecule has 2 nitrogen and oxygen atoms in total. The number of rotatable bonds is 21. The van der Waals surface area contributed by atoms with Gasteiger partial charge in [0.25, 0.3) is 0 Å². The van der Waals surface area contributed by atoms with Crippen LogP contribution < -0.4 is 0 Å². The first kappa shape index (κ1) is 25.9. The topological polar surface area (TPSA) is 6.48 Å². The molecule has 0 aliphatic carbocycles. The lowest BCUT2D eigenvalue weighted by atomic mass is 10.1. The van der Waals surface area contributed by atoms with Crippen LogP contribution in [0.25, 0.3) is 0 Å². The van der Waals surface area contributed by atoms with Gasteiger partial charge in [0.1, 0.15) is 0 Å². The highest BCUT2D eigenvalue weighted by Gasteiger charge is 2.08. The van der Waals surface area contributed by atoms with E-state index in [2.05, 4.69) is 37.5 Å². The Morgan fingerprint density at radius 1 is 0.346 bits per heavy atom. The Morgan fingerprint density at radius 2 is 0.692 bits per heavy atom. The van der Waals surface area contributed by atoms with Crippen molar-refractivity contribution in [3.05, 3.63) is 0 Å². The average Bonchev–Trinajstić information content (AvgIpc) is 2.66. The Bertz CT molecular complexity index is 255. The molecular formula is C24H52N2. The van der Waals surface area contributed by atoms with Gasteiger partial charge < -0.3 is 9.80 Å². The van der Waals surface area contributed by atoms with Gasteiger partial charge in [-0.3, -0.25) is 0 Å². The maximum Gasteiger partial charge on any atom is 0.0109 e. The Labute approximate surface area is 167 Å². The fourth-order valence-electron chi connectivity index (χ4n) is 3.69. The first-order valence-electron chi connectivity index (χ1n) is 12.2. The number of hydrogen-bond donors (Lipinski definition) is 0. The molecule has 0 unspecified atom stereocenters. The minimum Gasteiger partial charge on any atom is -0.302 e. The van der Waals surface area contributed by atoms with Gasteiger partial charge in [-0.15, -0.1) is 0 Å². The van der Waals surface area contributed by atoms with Crippen molar-refractivity contribution >= 4 is 0 Å². The Hall–Kier alpha value is -0.0800. The van der Waals surface area contributed by atoms with E-state index >= 15 is 0 Å². The monoisotopic (exact) mass is 368 g/mol. The molecule has 0 saturated heterocycles. The molecule has 0 rings (SSSR count). The molecule has 0 aliphatic rings. The van der Waals surface area contributed by atoms with Crippen LogP contribution in [0.5, 0.6) is 0 Å². The summed E-state index contributed by atoms with van der Waals surface area (Å²) in [6.45, 7) is 17.0. The van der Waals surface area contributed by atoms with Gasteiger partial charge in [0, 0.05) is 13.1 Å². The van der Waals surface area contributed by atoms with Crippen LogP contribution in [-0.4, -0.2) is 49.1 Å². The van der Waals surface area contributed by atoms with Gasteiger partial charge in [0.05, 0.1) is 0 Å². The third-order valence-electron chi connectivity index (χ3n) is 5.66. The molecule has 0 N–H and O–H groups in total. The van der Waals surface area contributed by atoms with Crippen molar-refractivity contribution in [3.63, 3.8) is 0 Å². The van der Waals surface area contributed by atoms with E-state index in [-0.39, 0.29) is 0 Å². The van der Waals surface area contributed by atoms with E-state index < -0.39 is 0 Å². The van der Waals surface area contributed by atoms with Gasteiger partial charge in [-0.25, -0.2) is 0 Å². The summed E-state index contributed by atoms with van der Waals surface area (Å²) < 4.78 is 0. The molecule has 0 amide bonds. The predicted octanol–water partition coefficient (Wildman–Crippen LogP) is 7.13. The van der Waals surface area contributed by atoms with Crippen molar-refractivity contribution in [2.45, 2.75) is 118 Å². The molecule has 26 heavy (non-hydrogen) atoms. The van der Waals surface area contributed by atoms with E-state index in [0.717, 1.165) is 0 Å². The third-order valence-corrected chi connectivity index (χ3v) is 5.66. The van der Waals surface area contributed by atoms with Crippen molar-refractivity contribution in [3.8, 4) is 0 Å². The van der Waals surface area contributed by atoms with E-state index in [9.17, 15) is 0 Å². The second kappa shape index (κ2) is 21.2. The summed E-state index contributed by atoms with van der Waals surface area (Å²) in [7, 11) is 0. The lowest BCUT2D eigenvalue weighted by Crippen LogP contribution is -2.36.